The summed E-state index contributed by atoms with van der Waals surface area (Å²) in [6.45, 7) is 7.46. The molecule has 1 unspecified atom stereocenters. The maximum Gasteiger partial charge on any atom is 0.317 e. The molecular weight excluding hydrogens is 206 g/mol. The third-order valence-corrected chi connectivity index (χ3v) is 3.34. The van der Waals surface area contributed by atoms with E-state index in [0.29, 0.717) is 13.1 Å². The van der Waals surface area contributed by atoms with E-state index >= 15 is 0 Å². The first-order chi connectivity index (χ1) is 7.58. The van der Waals surface area contributed by atoms with Crippen LogP contribution in [0.3, 0.4) is 0 Å². The SMILES string of the molecule is CC(C)C(=O)CN1CCN2C(=O)NCC2C1. The summed E-state index contributed by atoms with van der Waals surface area (Å²) in [7, 11) is 0. The van der Waals surface area contributed by atoms with Crippen molar-refractivity contribution in [2.75, 3.05) is 32.7 Å². The van der Waals surface area contributed by atoms with Crippen molar-refractivity contribution in [3.8, 4) is 0 Å². The van der Waals surface area contributed by atoms with Crippen molar-refractivity contribution in [2.45, 2.75) is 19.9 Å². The number of rotatable bonds is 3. The summed E-state index contributed by atoms with van der Waals surface area (Å²) in [6.07, 6.45) is 0. The number of nitrogens with zero attached hydrogens (tertiary/aromatic N) is 2. The molecule has 0 aromatic carbocycles. The lowest BCUT2D eigenvalue weighted by Crippen LogP contribution is -2.53. The zero-order valence-corrected chi connectivity index (χ0v) is 9.90. The normalized spacial score (nSPS) is 25.8. The summed E-state index contributed by atoms with van der Waals surface area (Å²) < 4.78 is 0. The van der Waals surface area contributed by atoms with Gasteiger partial charge in [0.15, 0.2) is 0 Å². The van der Waals surface area contributed by atoms with Gasteiger partial charge in [-0.05, 0) is 0 Å². The van der Waals surface area contributed by atoms with Gasteiger partial charge in [-0.25, -0.2) is 4.79 Å². The fraction of sp³-hybridized carbons (Fsp3) is 0.818. The number of amides is 2. The molecule has 2 aliphatic heterocycles. The first kappa shape index (κ1) is 11.4. The lowest BCUT2D eigenvalue weighted by atomic mass is 10.1. The number of fused-ring (bicyclic) bond motifs is 1. The molecule has 16 heavy (non-hydrogen) atoms. The van der Waals surface area contributed by atoms with Crippen molar-refractivity contribution in [2.24, 2.45) is 5.92 Å². The molecule has 2 rings (SSSR count). The van der Waals surface area contributed by atoms with Crippen molar-refractivity contribution in [3.63, 3.8) is 0 Å². The van der Waals surface area contributed by atoms with E-state index in [9.17, 15) is 9.59 Å². The highest BCUT2D eigenvalue weighted by Crippen LogP contribution is 2.14. The summed E-state index contributed by atoms with van der Waals surface area (Å²) in [5.41, 5.74) is 0. The van der Waals surface area contributed by atoms with Crippen LogP contribution in [-0.2, 0) is 4.79 Å². The van der Waals surface area contributed by atoms with Crippen LogP contribution in [0.25, 0.3) is 0 Å². The number of carbonyl (C=O) groups is 2. The van der Waals surface area contributed by atoms with Gasteiger partial charge in [-0.15, -0.1) is 0 Å². The molecule has 1 atom stereocenters. The molecule has 2 saturated heterocycles. The second-order valence-electron chi connectivity index (χ2n) is 4.89. The highest BCUT2D eigenvalue weighted by atomic mass is 16.2. The number of carbonyl (C=O) groups excluding carboxylic acids is 2. The van der Waals surface area contributed by atoms with Crippen LogP contribution in [0.15, 0.2) is 0 Å². The minimum absolute atomic E-state index is 0.0415. The Morgan fingerprint density at radius 3 is 2.94 bits per heavy atom. The zero-order chi connectivity index (χ0) is 11.7. The number of hydrogen-bond donors (Lipinski definition) is 1. The van der Waals surface area contributed by atoms with E-state index in [1.54, 1.807) is 0 Å². The standard InChI is InChI=1S/C11H19N3O2/c1-8(2)10(15)7-13-3-4-14-9(6-13)5-12-11(14)16/h8-9H,3-7H2,1-2H3,(H,12,16). The van der Waals surface area contributed by atoms with Gasteiger partial charge in [0.1, 0.15) is 5.78 Å². The third-order valence-electron chi connectivity index (χ3n) is 3.34. The molecule has 1 N–H and O–H groups in total. The van der Waals surface area contributed by atoms with Gasteiger partial charge in [0.05, 0.1) is 12.6 Å². The molecular formula is C11H19N3O2. The summed E-state index contributed by atoms with van der Waals surface area (Å²) >= 11 is 0. The van der Waals surface area contributed by atoms with E-state index in [0.717, 1.165) is 19.6 Å². The van der Waals surface area contributed by atoms with Crippen LogP contribution >= 0.6 is 0 Å². The van der Waals surface area contributed by atoms with Gasteiger partial charge in [0.25, 0.3) is 0 Å². The highest BCUT2D eigenvalue weighted by molar-refractivity contribution is 5.82. The molecule has 90 valence electrons. The van der Waals surface area contributed by atoms with Crippen molar-refractivity contribution in [1.82, 2.24) is 15.1 Å². The Labute approximate surface area is 95.8 Å². The van der Waals surface area contributed by atoms with Crippen LogP contribution in [-0.4, -0.2) is 60.4 Å². The van der Waals surface area contributed by atoms with Gasteiger partial charge in [0, 0.05) is 32.1 Å². The molecule has 0 bridgehead atoms. The lowest BCUT2D eigenvalue weighted by Gasteiger charge is -2.36. The molecule has 0 spiro atoms. The fourth-order valence-corrected chi connectivity index (χ4v) is 2.21. The monoisotopic (exact) mass is 225 g/mol. The number of nitrogens with one attached hydrogen (secondary N) is 1. The van der Waals surface area contributed by atoms with Gasteiger partial charge < -0.3 is 10.2 Å². The Balaban J connectivity index is 1.87. The van der Waals surface area contributed by atoms with E-state index in [2.05, 4.69) is 10.2 Å². The van der Waals surface area contributed by atoms with Crippen molar-refractivity contribution < 1.29 is 9.59 Å². The van der Waals surface area contributed by atoms with E-state index < -0.39 is 0 Å². The summed E-state index contributed by atoms with van der Waals surface area (Å²) in [5.74, 6) is 0.382. The van der Waals surface area contributed by atoms with Crippen LogP contribution in [0.4, 0.5) is 4.79 Å². The molecule has 2 aliphatic rings. The summed E-state index contributed by atoms with van der Waals surface area (Å²) in [4.78, 5) is 27.0. The van der Waals surface area contributed by atoms with Gasteiger partial charge in [0.2, 0.25) is 0 Å². The second-order valence-corrected chi connectivity index (χ2v) is 4.89. The van der Waals surface area contributed by atoms with E-state index in [1.807, 2.05) is 18.7 Å². The van der Waals surface area contributed by atoms with Gasteiger partial charge >= 0.3 is 6.03 Å². The van der Waals surface area contributed by atoms with Crippen LogP contribution in [0, 0.1) is 5.92 Å². The van der Waals surface area contributed by atoms with Crippen molar-refractivity contribution in [1.29, 1.82) is 0 Å². The van der Waals surface area contributed by atoms with E-state index in [-0.39, 0.29) is 23.8 Å². The number of Topliss-reactive ketones (excluding diaryl/α,β-unsaturated/α-hetero) is 1. The molecule has 0 aromatic heterocycles. The third kappa shape index (κ3) is 2.19. The Kier molecular flexibility index (Phi) is 3.14. The average molecular weight is 225 g/mol. The molecule has 0 saturated carbocycles. The second kappa shape index (κ2) is 4.41. The molecule has 0 aliphatic carbocycles. The maximum absolute atomic E-state index is 11.6. The quantitative estimate of drug-likeness (QED) is 0.731. The minimum Gasteiger partial charge on any atom is -0.336 e. The van der Waals surface area contributed by atoms with Crippen LogP contribution in [0.5, 0.6) is 0 Å². The maximum atomic E-state index is 11.6. The summed E-state index contributed by atoms with van der Waals surface area (Å²) in [5, 5.41) is 2.83. The average Bonchev–Trinajstić information content (AvgIpc) is 2.60. The van der Waals surface area contributed by atoms with Crippen LogP contribution < -0.4 is 5.32 Å². The molecule has 0 aromatic rings. The van der Waals surface area contributed by atoms with Crippen LogP contribution in [0.1, 0.15) is 13.8 Å². The zero-order valence-electron chi connectivity index (χ0n) is 9.90. The molecule has 2 fully saturated rings. The first-order valence-electron chi connectivity index (χ1n) is 5.87. The first-order valence-corrected chi connectivity index (χ1v) is 5.87. The Morgan fingerprint density at radius 2 is 2.25 bits per heavy atom. The highest BCUT2D eigenvalue weighted by Gasteiger charge is 2.35. The van der Waals surface area contributed by atoms with Gasteiger partial charge in [-0.2, -0.15) is 0 Å². The Morgan fingerprint density at radius 1 is 1.50 bits per heavy atom. The molecule has 5 nitrogen and oxygen atoms in total. The number of ketones is 1. The molecule has 2 amide bonds. The lowest BCUT2D eigenvalue weighted by molar-refractivity contribution is -0.123. The number of hydrogen-bond acceptors (Lipinski definition) is 3. The molecule has 2 heterocycles. The Bertz CT molecular complexity index is 304. The largest absolute Gasteiger partial charge is 0.336 e. The summed E-state index contributed by atoms with van der Waals surface area (Å²) in [6, 6.07) is 0.293. The van der Waals surface area contributed by atoms with Crippen molar-refractivity contribution >= 4 is 11.8 Å². The van der Waals surface area contributed by atoms with E-state index in [4.69, 9.17) is 0 Å². The van der Waals surface area contributed by atoms with Gasteiger partial charge in [-0.1, -0.05) is 13.8 Å². The van der Waals surface area contributed by atoms with Gasteiger partial charge in [-0.3, -0.25) is 9.69 Å². The molecule has 0 radical (unpaired) electrons. The fourth-order valence-electron chi connectivity index (χ4n) is 2.21. The molecule has 5 heteroatoms. The Hall–Kier alpha value is -1.10. The van der Waals surface area contributed by atoms with E-state index in [1.165, 1.54) is 0 Å². The topological polar surface area (TPSA) is 52.7 Å². The number of urea groups is 1. The predicted octanol–water partition coefficient (Wildman–Crippen LogP) is -0.0791. The number of piperazine rings is 1. The smallest absolute Gasteiger partial charge is 0.317 e. The predicted molar refractivity (Wildman–Crippen MR) is 60.2 cm³/mol. The van der Waals surface area contributed by atoms with Crippen molar-refractivity contribution in [3.05, 3.63) is 0 Å². The van der Waals surface area contributed by atoms with Crippen LogP contribution in [0.2, 0.25) is 0 Å². The minimum atomic E-state index is 0.0415.